The second-order valence-corrected chi connectivity index (χ2v) is 5.89. The van der Waals surface area contributed by atoms with Gasteiger partial charge < -0.3 is 9.30 Å². The molecule has 3 aromatic rings. The van der Waals surface area contributed by atoms with E-state index in [1.807, 2.05) is 30.5 Å². The van der Waals surface area contributed by atoms with Crippen molar-refractivity contribution >= 4 is 11.2 Å². The second-order valence-electron chi connectivity index (χ2n) is 5.89. The molecule has 1 aliphatic rings. The average molecular weight is 311 g/mol. The molecule has 118 valence electrons. The molecule has 0 spiro atoms. The van der Waals surface area contributed by atoms with E-state index in [1.165, 1.54) is 12.1 Å². The third-order valence-electron chi connectivity index (χ3n) is 4.35. The molecular weight excluding hydrogens is 293 g/mol. The van der Waals surface area contributed by atoms with E-state index in [0.29, 0.717) is 12.5 Å². The van der Waals surface area contributed by atoms with Gasteiger partial charge in [0.15, 0.2) is 5.65 Å². The summed E-state index contributed by atoms with van der Waals surface area (Å²) in [7, 11) is 0. The van der Waals surface area contributed by atoms with Crippen LogP contribution in [0.15, 0.2) is 42.6 Å². The minimum Gasteiger partial charge on any atom is -0.381 e. The van der Waals surface area contributed by atoms with Crippen molar-refractivity contribution in [2.75, 3.05) is 13.2 Å². The summed E-state index contributed by atoms with van der Waals surface area (Å²) in [6.45, 7) is 1.54. The van der Waals surface area contributed by atoms with E-state index < -0.39 is 0 Å². The van der Waals surface area contributed by atoms with Crippen LogP contribution in [0.25, 0.3) is 11.2 Å². The van der Waals surface area contributed by atoms with Crippen molar-refractivity contribution < 1.29 is 9.13 Å². The Bertz CT molecular complexity index is 807. The molecule has 23 heavy (non-hydrogen) atoms. The number of pyridine rings is 1. The summed E-state index contributed by atoms with van der Waals surface area (Å²) < 4.78 is 20.9. The smallest absolute Gasteiger partial charge is 0.160 e. The summed E-state index contributed by atoms with van der Waals surface area (Å²) in [6, 6.07) is 10.9. The quantitative estimate of drug-likeness (QED) is 0.743. The summed E-state index contributed by atoms with van der Waals surface area (Å²) in [5.41, 5.74) is 2.89. The molecule has 1 saturated heterocycles. The molecule has 0 N–H and O–H groups in total. The molecule has 5 heteroatoms. The number of rotatable bonds is 3. The normalized spacial score (nSPS) is 16.0. The topological polar surface area (TPSA) is 39.9 Å². The molecule has 0 unspecified atom stereocenters. The van der Waals surface area contributed by atoms with Crippen LogP contribution in [-0.2, 0) is 11.2 Å². The third-order valence-corrected chi connectivity index (χ3v) is 4.35. The maximum atomic E-state index is 13.1. The predicted molar refractivity (Wildman–Crippen MR) is 85.8 cm³/mol. The van der Waals surface area contributed by atoms with Crippen molar-refractivity contribution in [3.05, 3.63) is 59.8 Å². The summed E-state index contributed by atoms with van der Waals surface area (Å²) in [5.74, 6) is 0.769. The fraction of sp³-hybridized carbons (Fsp3) is 0.333. The van der Waals surface area contributed by atoms with Crippen molar-refractivity contribution in [2.45, 2.75) is 25.3 Å². The zero-order valence-electron chi connectivity index (χ0n) is 12.8. The monoisotopic (exact) mass is 311 g/mol. The van der Waals surface area contributed by atoms with Crippen LogP contribution >= 0.6 is 0 Å². The number of ether oxygens (including phenoxy) is 1. The van der Waals surface area contributed by atoms with Crippen LogP contribution in [0.2, 0.25) is 0 Å². The standard InChI is InChI=1S/C18H18FN3O/c19-14-5-3-13(4-6-14)12-17-21-16-2-1-9-20-18(16)22(17)15-7-10-23-11-8-15/h1-6,9,15H,7-8,10-12H2. The Morgan fingerprint density at radius 3 is 2.70 bits per heavy atom. The summed E-state index contributed by atoms with van der Waals surface area (Å²) in [4.78, 5) is 9.30. The molecular formula is C18H18FN3O. The third kappa shape index (κ3) is 2.84. The van der Waals surface area contributed by atoms with E-state index in [1.54, 1.807) is 0 Å². The molecule has 0 amide bonds. The Morgan fingerprint density at radius 2 is 1.91 bits per heavy atom. The van der Waals surface area contributed by atoms with Crippen LogP contribution in [-0.4, -0.2) is 27.7 Å². The van der Waals surface area contributed by atoms with Gasteiger partial charge in [-0.25, -0.2) is 14.4 Å². The highest BCUT2D eigenvalue weighted by molar-refractivity contribution is 5.71. The zero-order chi connectivity index (χ0) is 15.6. The highest BCUT2D eigenvalue weighted by Crippen LogP contribution is 2.28. The first-order chi connectivity index (χ1) is 11.3. The first-order valence-corrected chi connectivity index (χ1v) is 7.95. The molecule has 0 atom stereocenters. The van der Waals surface area contributed by atoms with Crippen LogP contribution < -0.4 is 0 Å². The summed E-state index contributed by atoms with van der Waals surface area (Å²) in [6.07, 6.45) is 4.42. The SMILES string of the molecule is Fc1ccc(Cc2nc3cccnc3n2C2CCOCC2)cc1. The number of benzene rings is 1. The number of fused-ring (bicyclic) bond motifs is 1. The van der Waals surface area contributed by atoms with E-state index in [0.717, 1.165) is 48.6 Å². The van der Waals surface area contributed by atoms with Gasteiger partial charge in [0.05, 0.1) is 0 Å². The van der Waals surface area contributed by atoms with Gasteiger partial charge in [-0.1, -0.05) is 12.1 Å². The van der Waals surface area contributed by atoms with E-state index in [4.69, 9.17) is 9.72 Å². The van der Waals surface area contributed by atoms with Crippen molar-refractivity contribution in [1.29, 1.82) is 0 Å². The first-order valence-electron chi connectivity index (χ1n) is 7.95. The van der Waals surface area contributed by atoms with Gasteiger partial charge in [-0.15, -0.1) is 0 Å². The van der Waals surface area contributed by atoms with Crippen LogP contribution in [0.1, 0.15) is 30.3 Å². The van der Waals surface area contributed by atoms with Crippen molar-refractivity contribution in [2.24, 2.45) is 0 Å². The van der Waals surface area contributed by atoms with E-state index in [2.05, 4.69) is 9.55 Å². The van der Waals surface area contributed by atoms with Gasteiger partial charge in [0, 0.05) is 31.9 Å². The summed E-state index contributed by atoms with van der Waals surface area (Å²) >= 11 is 0. The van der Waals surface area contributed by atoms with E-state index in [9.17, 15) is 4.39 Å². The number of aromatic nitrogens is 3. The van der Waals surface area contributed by atoms with Gasteiger partial charge in [-0.2, -0.15) is 0 Å². The molecule has 1 fully saturated rings. The number of nitrogens with zero attached hydrogens (tertiary/aromatic N) is 3. The molecule has 3 heterocycles. The Hall–Kier alpha value is -2.27. The fourth-order valence-electron chi connectivity index (χ4n) is 3.21. The molecule has 2 aromatic heterocycles. The lowest BCUT2D eigenvalue weighted by atomic mass is 10.1. The lowest BCUT2D eigenvalue weighted by molar-refractivity contribution is 0.0698. The number of halogens is 1. The van der Waals surface area contributed by atoms with Gasteiger partial charge in [-0.3, -0.25) is 0 Å². The number of imidazole rings is 1. The fourth-order valence-corrected chi connectivity index (χ4v) is 3.21. The van der Waals surface area contributed by atoms with Gasteiger partial charge in [0.25, 0.3) is 0 Å². The van der Waals surface area contributed by atoms with Crippen molar-refractivity contribution in [3.8, 4) is 0 Å². The summed E-state index contributed by atoms with van der Waals surface area (Å²) in [5, 5.41) is 0. The minimum atomic E-state index is -0.214. The lowest BCUT2D eigenvalue weighted by Gasteiger charge is -2.25. The maximum absolute atomic E-state index is 13.1. The van der Waals surface area contributed by atoms with Crippen molar-refractivity contribution in [3.63, 3.8) is 0 Å². The Kier molecular flexibility index (Phi) is 3.79. The Balaban J connectivity index is 1.76. The van der Waals surface area contributed by atoms with Crippen LogP contribution in [0, 0.1) is 5.82 Å². The highest BCUT2D eigenvalue weighted by Gasteiger charge is 2.22. The molecule has 1 aliphatic heterocycles. The Morgan fingerprint density at radius 1 is 1.13 bits per heavy atom. The zero-order valence-corrected chi connectivity index (χ0v) is 12.8. The van der Waals surface area contributed by atoms with Gasteiger partial charge in [0.1, 0.15) is 17.2 Å². The van der Waals surface area contributed by atoms with Gasteiger partial charge >= 0.3 is 0 Å². The Labute approximate surface area is 133 Å². The maximum Gasteiger partial charge on any atom is 0.160 e. The molecule has 0 bridgehead atoms. The van der Waals surface area contributed by atoms with Crippen LogP contribution in [0.4, 0.5) is 4.39 Å². The molecule has 4 rings (SSSR count). The van der Waals surface area contributed by atoms with Gasteiger partial charge in [-0.05, 0) is 42.7 Å². The van der Waals surface area contributed by atoms with E-state index in [-0.39, 0.29) is 5.82 Å². The predicted octanol–water partition coefficient (Wildman–Crippen LogP) is 3.51. The largest absolute Gasteiger partial charge is 0.381 e. The number of hydrogen-bond acceptors (Lipinski definition) is 3. The van der Waals surface area contributed by atoms with Crippen LogP contribution in [0.3, 0.4) is 0 Å². The first kappa shape index (κ1) is 14.3. The van der Waals surface area contributed by atoms with Gasteiger partial charge in [0.2, 0.25) is 0 Å². The lowest BCUT2D eigenvalue weighted by Crippen LogP contribution is -2.21. The second kappa shape index (κ2) is 6.08. The molecule has 0 radical (unpaired) electrons. The molecule has 0 aliphatic carbocycles. The average Bonchev–Trinajstić information content (AvgIpc) is 2.95. The highest BCUT2D eigenvalue weighted by atomic mass is 19.1. The van der Waals surface area contributed by atoms with Crippen molar-refractivity contribution in [1.82, 2.24) is 14.5 Å². The minimum absolute atomic E-state index is 0.214. The molecule has 0 saturated carbocycles. The van der Waals surface area contributed by atoms with E-state index >= 15 is 0 Å². The molecule has 1 aromatic carbocycles. The van der Waals surface area contributed by atoms with Crippen LogP contribution in [0.5, 0.6) is 0 Å². The number of hydrogen-bond donors (Lipinski definition) is 0. The molecule has 4 nitrogen and oxygen atoms in total.